The van der Waals surface area contributed by atoms with E-state index in [4.69, 9.17) is 9.15 Å². The molecule has 0 aliphatic rings. The van der Waals surface area contributed by atoms with E-state index < -0.39 is 0 Å². The summed E-state index contributed by atoms with van der Waals surface area (Å²) in [4.78, 5) is 10.6. The van der Waals surface area contributed by atoms with Crippen molar-refractivity contribution in [3.05, 3.63) is 60.2 Å². The van der Waals surface area contributed by atoms with Crippen LogP contribution >= 0.6 is 11.8 Å². The van der Waals surface area contributed by atoms with Gasteiger partial charge in [0.2, 0.25) is 5.89 Å². The molecule has 0 saturated heterocycles. The maximum Gasteiger partial charge on any atom is 0.276 e. The van der Waals surface area contributed by atoms with E-state index in [0.29, 0.717) is 29.0 Å². The van der Waals surface area contributed by atoms with E-state index in [9.17, 15) is 4.79 Å². The molecular formula is C17H14N2O3S. The van der Waals surface area contributed by atoms with Crippen molar-refractivity contribution in [2.45, 2.75) is 5.22 Å². The van der Waals surface area contributed by atoms with Gasteiger partial charge in [-0.25, -0.2) is 0 Å². The topological polar surface area (TPSA) is 65.2 Å². The molecule has 116 valence electrons. The summed E-state index contributed by atoms with van der Waals surface area (Å²) in [6, 6.07) is 16.6. The van der Waals surface area contributed by atoms with Crippen LogP contribution in [0, 0.1) is 0 Å². The van der Waals surface area contributed by atoms with Gasteiger partial charge in [-0.3, -0.25) is 4.79 Å². The van der Waals surface area contributed by atoms with Crippen molar-refractivity contribution in [1.29, 1.82) is 0 Å². The van der Waals surface area contributed by atoms with Crippen LogP contribution < -0.4 is 4.74 Å². The third-order valence-electron chi connectivity index (χ3n) is 3.02. The zero-order valence-electron chi connectivity index (χ0n) is 12.2. The minimum absolute atomic E-state index is 0.508. The maximum atomic E-state index is 10.6. The Bertz CT molecular complexity index is 757. The smallest absolute Gasteiger partial charge is 0.276 e. The number of rotatable bonds is 7. The molecule has 1 aromatic heterocycles. The summed E-state index contributed by atoms with van der Waals surface area (Å²) in [7, 11) is 0. The highest BCUT2D eigenvalue weighted by molar-refractivity contribution is 7.99. The minimum atomic E-state index is 0.508. The van der Waals surface area contributed by atoms with Crippen LogP contribution in [0.25, 0.3) is 11.5 Å². The quantitative estimate of drug-likeness (QED) is 0.374. The molecule has 5 nitrogen and oxygen atoms in total. The fourth-order valence-electron chi connectivity index (χ4n) is 1.90. The van der Waals surface area contributed by atoms with Crippen LogP contribution in [0.4, 0.5) is 0 Å². The van der Waals surface area contributed by atoms with Crippen molar-refractivity contribution in [3.8, 4) is 17.2 Å². The Kier molecular flexibility index (Phi) is 5.06. The molecule has 3 aromatic rings. The molecule has 6 heteroatoms. The zero-order valence-corrected chi connectivity index (χ0v) is 13.0. The molecule has 0 radical (unpaired) electrons. The third-order valence-corrected chi connectivity index (χ3v) is 3.80. The van der Waals surface area contributed by atoms with Crippen molar-refractivity contribution in [2.75, 3.05) is 12.4 Å². The van der Waals surface area contributed by atoms with Gasteiger partial charge in [-0.05, 0) is 36.4 Å². The number of aromatic nitrogens is 2. The van der Waals surface area contributed by atoms with Crippen molar-refractivity contribution in [2.24, 2.45) is 0 Å². The predicted molar refractivity (Wildman–Crippen MR) is 87.8 cm³/mol. The van der Waals surface area contributed by atoms with Gasteiger partial charge in [-0.2, -0.15) is 0 Å². The number of benzene rings is 2. The van der Waals surface area contributed by atoms with E-state index >= 15 is 0 Å². The van der Waals surface area contributed by atoms with Crippen molar-refractivity contribution in [1.82, 2.24) is 10.2 Å². The molecule has 0 unspecified atom stereocenters. The van der Waals surface area contributed by atoms with Crippen LogP contribution in [0.2, 0.25) is 0 Å². The lowest BCUT2D eigenvalue weighted by Crippen LogP contribution is -2.00. The summed E-state index contributed by atoms with van der Waals surface area (Å²) in [5.74, 6) is 1.93. The average molecular weight is 326 g/mol. The lowest BCUT2D eigenvalue weighted by atomic mass is 10.2. The molecule has 0 aliphatic carbocycles. The minimum Gasteiger partial charge on any atom is -0.493 e. The van der Waals surface area contributed by atoms with Gasteiger partial charge in [0, 0.05) is 16.9 Å². The highest BCUT2D eigenvalue weighted by Crippen LogP contribution is 2.22. The average Bonchev–Trinajstić information content (AvgIpc) is 3.09. The van der Waals surface area contributed by atoms with E-state index in [2.05, 4.69) is 10.2 Å². The van der Waals surface area contributed by atoms with Crippen molar-refractivity contribution < 1.29 is 13.9 Å². The molecule has 0 saturated carbocycles. The number of thioether (sulfide) groups is 1. The molecule has 1 heterocycles. The molecule has 0 fully saturated rings. The van der Waals surface area contributed by atoms with Gasteiger partial charge in [0.05, 0.1) is 6.61 Å². The van der Waals surface area contributed by atoms with Gasteiger partial charge >= 0.3 is 0 Å². The lowest BCUT2D eigenvalue weighted by molar-refractivity contribution is 0.112. The van der Waals surface area contributed by atoms with Crippen LogP contribution in [-0.4, -0.2) is 28.8 Å². The summed E-state index contributed by atoms with van der Waals surface area (Å²) in [5.41, 5.74) is 1.53. The lowest BCUT2D eigenvalue weighted by Gasteiger charge is -2.04. The fraction of sp³-hybridized carbons (Fsp3) is 0.118. The first-order valence-electron chi connectivity index (χ1n) is 7.05. The Morgan fingerprint density at radius 1 is 1.04 bits per heavy atom. The second-order valence-corrected chi connectivity index (χ2v) is 5.67. The molecular weight excluding hydrogens is 312 g/mol. The van der Waals surface area contributed by atoms with Gasteiger partial charge in [-0.15, -0.1) is 10.2 Å². The number of aldehydes is 1. The number of carbonyl (C=O) groups is 1. The Hall–Kier alpha value is -2.60. The second-order valence-electron chi connectivity index (χ2n) is 4.62. The largest absolute Gasteiger partial charge is 0.493 e. The Labute approximate surface area is 137 Å². The van der Waals surface area contributed by atoms with Crippen LogP contribution in [0.15, 0.2) is 64.2 Å². The number of nitrogens with zero attached hydrogens (tertiary/aromatic N) is 2. The van der Waals surface area contributed by atoms with Crippen molar-refractivity contribution in [3.63, 3.8) is 0 Å². The van der Waals surface area contributed by atoms with Crippen LogP contribution in [0.3, 0.4) is 0 Å². The number of hydrogen-bond acceptors (Lipinski definition) is 6. The molecule has 0 amide bonds. The standard InChI is InChI=1S/C17H14N2O3S/c20-12-13-6-8-15(9-7-13)21-10-11-23-17-19-18-16(22-17)14-4-2-1-3-5-14/h1-9,12H,10-11H2. The number of ether oxygens (including phenoxy) is 1. The SMILES string of the molecule is O=Cc1ccc(OCCSc2nnc(-c3ccccc3)o2)cc1. The molecule has 0 N–H and O–H groups in total. The first-order chi connectivity index (χ1) is 11.3. The Morgan fingerprint density at radius 2 is 1.83 bits per heavy atom. The van der Waals surface area contributed by atoms with E-state index in [0.717, 1.165) is 17.6 Å². The van der Waals surface area contributed by atoms with Crippen LogP contribution in [0.1, 0.15) is 10.4 Å². The normalized spacial score (nSPS) is 10.4. The second kappa shape index (κ2) is 7.60. The monoisotopic (exact) mass is 326 g/mol. The summed E-state index contributed by atoms with van der Waals surface area (Å²) in [6.07, 6.45) is 0.805. The molecule has 0 aliphatic heterocycles. The van der Waals surface area contributed by atoms with Gasteiger partial charge in [-0.1, -0.05) is 30.0 Å². The maximum absolute atomic E-state index is 10.6. The zero-order chi connectivity index (χ0) is 15.9. The summed E-state index contributed by atoms with van der Waals surface area (Å²) in [5, 5.41) is 8.56. The number of carbonyl (C=O) groups excluding carboxylic acids is 1. The molecule has 2 aromatic carbocycles. The highest BCUT2D eigenvalue weighted by Gasteiger charge is 2.08. The van der Waals surface area contributed by atoms with E-state index in [1.54, 1.807) is 24.3 Å². The highest BCUT2D eigenvalue weighted by atomic mass is 32.2. The summed E-state index contributed by atoms with van der Waals surface area (Å²) >= 11 is 1.44. The van der Waals surface area contributed by atoms with Gasteiger partial charge in [0.25, 0.3) is 5.22 Å². The molecule has 0 bridgehead atoms. The summed E-state index contributed by atoms with van der Waals surface area (Å²) < 4.78 is 11.2. The van der Waals surface area contributed by atoms with Gasteiger partial charge < -0.3 is 9.15 Å². The predicted octanol–water partition coefficient (Wildman–Crippen LogP) is 3.72. The van der Waals surface area contributed by atoms with Crippen LogP contribution in [-0.2, 0) is 0 Å². The summed E-state index contributed by atoms with van der Waals surface area (Å²) in [6.45, 7) is 0.508. The molecule has 3 rings (SSSR count). The van der Waals surface area contributed by atoms with E-state index in [1.807, 2.05) is 30.3 Å². The molecule has 0 spiro atoms. The Balaban J connectivity index is 1.47. The van der Waals surface area contributed by atoms with Gasteiger partial charge in [0.1, 0.15) is 12.0 Å². The van der Waals surface area contributed by atoms with Crippen LogP contribution in [0.5, 0.6) is 5.75 Å². The third kappa shape index (κ3) is 4.20. The fourth-order valence-corrected chi connectivity index (χ4v) is 2.47. The van der Waals surface area contributed by atoms with Crippen molar-refractivity contribution >= 4 is 18.0 Å². The number of hydrogen-bond donors (Lipinski definition) is 0. The van der Waals surface area contributed by atoms with Gasteiger partial charge in [0.15, 0.2) is 0 Å². The van der Waals surface area contributed by atoms with E-state index in [-0.39, 0.29) is 0 Å². The first-order valence-corrected chi connectivity index (χ1v) is 8.03. The molecule has 0 atom stereocenters. The Morgan fingerprint density at radius 3 is 2.57 bits per heavy atom. The first kappa shape index (κ1) is 15.3. The van der Waals surface area contributed by atoms with E-state index in [1.165, 1.54) is 11.8 Å². The molecule has 23 heavy (non-hydrogen) atoms.